The normalized spacial score (nSPS) is 11.3. The van der Waals surface area contributed by atoms with E-state index in [1.54, 1.807) is 31.3 Å². The molecule has 0 atom stereocenters. The Kier molecular flexibility index (Phi) is 8.36. The third kappa shape index (κ3) is 6.94. The summed E-state index contributed by atoms with van der Waals surface area (Å²) in [5.41, 5.74) is 1.09. The van der Waals surface area contributed by atoms with Crippen LogP contribution in [0.25, 0.3) is 0 Å². The number of pyridine rings is 1. The highest BCUT2D eigenvalue weighted by Gasteiger charge is 2.10. The zero-order valence-corrected chi connectivity index (χ0v) is 16.9. The van der Waals surface area contributed by atoms with Crippen LogP contribution in [-0.4, -0.2) is 24.8 Å². The van der Waals surface area contributed by atoms with Gasteiger partial charge in [0.05, 0.1) is 23.3 Å². The maximum atomic E-state index is 6.23. The minimum Gasteiger partial charge on any atom is -0.490 e. The van der Waals surface area contributed by atoms with Crippen LogP contribution in [0, 0.1) is 6.92 Å². The molecule has 0 bridgehead atoms. The molecular weight excluding hydrogens is 397 g/mol. The number of ether oxygens (including phenoxy) is 3. The van der Waals surface area contributed by atoms with Crippen molar-refractivity contribution >= 4 is 34.8 Å². The van der Waals surface area contributed by atoms with E-state index in [2.05, 4.69) is 4.98 Å². The van der Waals surface area contributed by atoms with Crippen LogP contribution in [-0.2, 0) is 0 Å². The molecule has 0 spiro atoms. The second-order valence-electron chi connectivity index (χ2n) is 5.54. The molecule has 0 aliphatic rings. The predicted octanol–water partition coefficient (Wildman–Crippen LogP) is 6.07. The quantitative estimate of drug-likeness (QED) is 0.465. The maximum Gasteiger partial charge on any atom is 0.213 e. The summed E-state index contributed by atoms with van der Waals surface area (Å²) in [5.74, 6) is 1.57. The summed E-state index contributed by atoms with van der Waals surface area (Å²) in [6, 6.07) is 7.11. The fourth-order valence-electron chi connectivity index (χ4n) is 1.96. The molecule has 0 fully saturated rings. The lowest BCUT2D eigenvalue weighted by atomic mass is 10.3. The predicted molar refractivity (Wildman–Crippen MR) is 106 cm³/mol. The fourth-order valence-corrected chi connectivity index (χ4v) is 2.60. The molecule has 4 nitrogen and oxygen atoms in total. The summed E-state index contributed by atoms with van der Waals surface area (Å²) in [7, 11) is 0. The molecular formula is C19H20Cl3NO3. The Morgan fingerprint density at radius 2 is 1.77 bits per heavy atom. The molecule has 0 aliphatic heterocycles. The van der Waals surface area contributed by atoms with Gasteiger partial charge < -0.3 is 14.2 Å². The van der Waals surface area contributed by atoms with Crippen LogP contribution in [0.2, 0.25) is 10.0 Å². The number of hydrogen-bond acceptors (Lipinski definition) is 4. The lowest BCUT2D eigenvalue weighted by molar-refractivity contribution is 0.242. The van der Waals surface area contributed by atoms with Gasteiger partial charge in [-0.2, -0.15) is 0 Å². The molecule has 1 aromatic heterocycles. The van der Waals surface area contributed by atoms with Gasteiger partial charge >= 0.3 is 0 Å². The van der Waals surface area contributed by atoms with Crippen molar-refractivity contribution in [3.05, 3.63) is 57.2 Å². The maximum absolute atomic E-state index is 6.23. The van der Waals surface area contributed by atoms with E-state index >= 15 is 0 Å². The van der Waals surface area contributed by atoms with E-state index in [0.717, 1.165) is 5.56 Å². The molecule has 26 heavy (non-hydrogen) atoms. The lowest BCUT2D eigenvalue weighted by Gasteiger charge is -2.12. The van der Waals surface area contributed by atoms with Gasteiger partial charge in [0, 0.05) is 35.8 Å². The van der Waals surface area contributed by atoms with Gasteiger partial charge in [-0.05, 0) is 25.5 Å². The monoisotopic (exact) mass is 415 g/mol. The average Bonchev–Trinajstić information content (AvgIpc) is 2.58. The standard InChI is InChI=1S/C19H20Cl3NO3/c1-13-4-5-18(23-12-13)25-7-3-8-26-19-16(21)10-15(11-17(19)22)24-9-6-14(2)20/h4-6,10-12H,3,7-9H2,1-2H3/b14-6-. The van der Waals surface area contributed by atoms with Crippen LogP contribution in [0.4, 0.5) is 0 Å². The van der Waals surface area contributed by atoms with E-state index in [9.17, 15) is 0 Å². The van der Waals surface area contributed by atoms with Crippen molar-refractivity contribution in [3.8, 4) is 17.4 Å². The van der Waals surface area contributed by atoms with Crippen LogP contribution in [0.15, 0.2) is 41.6 Å². The molecule has 0 amide bonds. The Morgan fingerprint density at radius 3 is 2.38 bits per heavy atom. The van der Waals surface area contributed by atoms with Gasteiger partial charge in [0.25, 0.3) is 0 Å². The number of benzene rings is 1. The molecule has 140 valence electrons. The van der Waals surface area contributed by atoms with E-state index in [4.69, 9.17) is 49.0 Å². The lowest BCUT2D eigenvalue weighted by Crippen LogP contribution is -2.06. The number of rotatable bonds is 9. The Bertz CT molecular complexity index is 721. The van der Waals surface area contributed by atoms with Crippen LogP contribution < -0.4 is 14.2 Å². The van der Waals surface area contributed by atoms with Crippen molar-refractivity contribution < 1.29 is 14.2 Å². The first-order valence-corrected chi connectivity index (χ1v) is 9.21. The SMILES string of the molecule is C/C(Cl)=C/COc1cc(Cl)c(OCCCOc2ccc(C)cn2)c(Cl)c1. The summed E-state index contributed by atoms with van der Waals surface area (Å²) >= 11 is 18.2. The van der Waals surface area contributed by atoms with Crippen molar-refractivity contribution in [2.75, 3.05) is 19.8 Å². The van der Waals surface area contributed by atoms with Crippen molar-refractivity contribution in [2.45, 2.75) is 20.3 Å². The van der Waals surface area contributed by atoms with Gasteiger partial charge in [0.1, 0.15) is 12.4 Å². The van der Waals surface area contributed by atoms with Crippen molar-refractivity contribution in [1.82, 2.24) is 4.98 Å². The minimum absolute atomic E-state index is 0.340. The molecule has 1 heterocycles. The van der Waals surface area contributed by atoms with Gasteiger partial charge in [0.15, 0.2) is 5.75 Å². The van der Waals surface area contributed by atoms with Gasteiger partial charge in [-0.1, -0.05) is 40.9 Å². The fraction of sp³-hybridized carbons (Fsp3) is 0.316. The average molecular weight is 417 g/mol. The summed E-state index contributed by atoms with van der Waals surface area (Å²) in [6.45, 7) is 4.99. The molecule has 0 radical (unpaired) electrons. The largest absolute Gasteiger partial charge is 0.490 e. The summed E-state index contributed by atoms with van der Waals surface area (Å²) in [4.78, 5) is 4.18. The molecule has 2 rings (SSSR count). The van der Waals surface area contributed by atoms with E-state index in [1.165, 1.54) is 0 Å². The zero-order valence-electron chi connectivity index (χ0n) is 14.6. The Labute approximate surface area is 168 Å². The van der Waals surface area contributed by atoms with Crippen LogP contribution in [0.3, 0.4) is 0 Å². The highest BCUT2D eigenvalue weighted by molar-refractivity contribution is 6.37. The van der Waals surface area contributed by atoms with E-state index < -0.39 is 0 Å². The first-order chi connectivity index (χ1) is 12.5. The van der Waals surface area contributed by atoms with Crippen LogP contribution in [0.1, 0.15) is 18.9 Å². The first-order valence-electron chi connectivity index (χ1n) is 8.08. The van der Waals surface area contributed by atoms with Crippen molar-refractivity contribution in [2.24, 2.45) is 0 Å². The summed E-state index contributed by atoms with van der Waals surface area (Å²) in [6.07, 6.45) is 4.18. The Hall–Kier alpha value is -1.62. The summed E-state index contributed by atoms with van der Waals surface area (Å²) in [5, 5.41) is 1.44. The van der Waals surface area contributed by atoms with E-state index in [0.29, 0.717) is 58.7 Å². The highest BCUT2D eigenvalue weighted by atomic mass is 35.5. The Balaban J connectivity index is 1.79. The van der Waals surface area contributed by atoms with Gasteiger partial charge in [-0.3, -0.25) is 0 Å². The smallest absolute Gasteiger partial charge is 0.213 e. The number of halogens is 3. The highest BCUT2D eigenvalue weighted by Crippen LogP contribution is 2.37. The van der Waals surface area contributed by atoms with Crippen LogP contribution >= 0.6 is 34.8 Å². The van der Waals surface area contributed by atoms with Crippen molar-refractivity contribution in [1.29, 1.82) is 0 Å². The molecule has 0 unspecified atom stereocenters. The molecule has 0 saturated carbocycles. The topological polar surface area (TPSA) is 40.6 Å². The number of aromatic nitrogens is 1. The number of aryl methyl sites for hydroxylation is 1. The number of allylic oxidation sites excluding steroid dienone is 1. The second-order valence-corrected chi connectivity index (χ2v) is 6.95. The molecule has 0 N–H and O–H groups in total. The molecule has 0 saturated heterocycles. The van der Waals surface area contributed by atoms with Crippen LogP contribution in [0.5, 0.6) is 17.4 Å². The van der Waals surface area contributed by atoms with E-state index in [-0.39, 0.29) is 0 Å². The van der Waals surface area contributed by atoms with Gasteiger partial charge in [-0.15, -0.1) is 0 Å². The number of nitrogens with zero attached hydrogens (tertiary/aromatic N) is 1. The minimum atomic E-state index is 0.340. The van der Waals surface area contributed by atoms with Gasteiger partial charge in [0.2, 0.25) is 5.88 Å². The third-order valence-electron chi connectivity index (χ3n) is 3.26. The molecule has 7 heteroatoms. The van der Waals surface area contributed by atoms with Crippen molar-refractivity contribution in [3.63, 3.8) is 0 Å². The van der Waals surface area contributed by atoms with Gasteiger partial charge in [-0.25, -0.2) is 4.98 Å². The Morgan fingerprint density at radius 1 is 1.08 bits per heavy atom. The molecule has 2 aromatic rings. The second kappa shape index (κ2) is 10.5. The van der Waals surface area contributed by atoms with E-state index in [1.807, 2.05) is 19.1 Å². The molecule has 0 aliphatic carbocycles. The summed E-state index contributed by atoms with van der Waals surface area (Å²) < 4.78 is 16.7. The third-order valence-corrected chi connectivity index (χ3v) is 3.97. The first kappa shape index (κ1) is 20.7. The molecule has 1 aromatic carbocycles. The number of hydrogen-bond donors (Lipinski definition) is 0. The zero-order chi connectivity index (χ0) is 18.9.